The minimum atomic E-state index is -1.21. The molecule has 8 heteroatoms. The third kappa shape index (κ3) is 7.34. The summed E-state index contributed by atoms with van der Waals surface area (Å²) in [5.41, 5.74) is 0.0599. The topological polar surface area (TPSA) is 82.5 Å². The number of carboxylic acids is 1. The predicted molar refractivity (Wildman–Crippen MR) is 76.9 cm³/mol. The Kier molecular flexibility index (Phi) is 7.96. The number of aromatic nitrogens is 1. The van der Waals surface area contributed by atoms with Crippen LogP contribution in [0.1, 0.15) is 17.4 Å². The summed E-state index contributed by atoms with van der Waals surface area (Å²) in [5.74, 6) is -1.51. The van der Waals surface area contributed by atoms with Gasteiger partial charge < -0.3 is 4.90 Å². The first-order chi connectivity index (χ1) is 8.65. The summed E-state index contributed by atoms with van der Waals surface area (Å²) in [5, 5.41) is 11.2. The maximum absolute atomic E-state index is 10.8. The van der Waals surface area contributed by atoms with Crippen LogP contribution >= 0.6 is 11.6 Å². The molecule has 0 bridgehead atoms. The second-order valence-corrected chi connectivity index (χ2v) is 6.15. The van der Waals surface area contributed by atoms with Crippen molar-refractivity contribution in [3.05, 3.63) is 16.8 Å². The van der Waals surface area contributed by atoms with Crippen LogP contribution in [0, 0.1) is 0 Å². The largest absolute Gasteiger partial charge is 0.312 e. The van der Waals surface area contributed by atoms with Crippen molar-refractivity contribution in [3.8, 4) is 0 Å². The van der Waals surface area contributed by atoms with Gasteiger partial charge in [-0.1, -0.05) is 0 Å². The van der Waals surface area contributed by atoms with E-state index >= 15 is 0 Å². The van der Waals surface area contributed by atoms with Crippen molar-refractivity contribution in [2.24, 2.45) is 0 Å². The number of carbonyl (C=O) groups is 2. The molecular weight excluding hydrogens is 376 g/mol. The second kappa shape index (κ2) is 8.34. The maximum atomic E-state index is 10.8. The fourth-order valence-corrected chi connectivity index (χ4v) is 2.04. The first-order valence-corrected chi connectivity index (χ1v) is 7.25. The van der Waals surface area contributed by atoms with Crippen molar-refractivity contribution in [1.29, 1.82) is 0 Å². The van der Waals surface area contributed by atoms with E-state index in [-0.39, 0.29) is 16.6 Å². The molecule has 19 heavy (non-hydrogen) atoms. The van der Waals surface area contributed by atoms with Crippen LogP contribution in [0.3, 0.4) is 0 Å². The van der Waals surface area contributed by atoms with Gasteiger partial charge in [0.25, 0.3) is 0 Å². The minimum absolute atomic E-state index is 0.0456. The van der Waals surface area contributed by atoms with Gasteiger partial charge in [-0.05, 0) is 21.1 Å². The average molecular weight is 392 g/mol. The van der Waals surface area contributed by atoms with Crippen LogP contribution in [0.15, 0.2) is 6.07 Å². The molecule has 104 valence electrons. The molecule has 1 aromatic rings. The van der Waals surface area contributed by atoms with Crippen LogP contribution in [0.5, 0.6) is 0 Å². The van der Waals surface area contributed by atoms with Crippen LogP contribution in [0.25, 0.3) is 0 Å². The van der Waals surface area contributed by atoms with E-state index in [9.17, 15) is 9.59 Å². The van der Waals surface area contributed by atoms with Crippen molar-refractivity contribution < 1.29 is 14.7 Å². The SMILES string of the molecule is CC(=O)Nc1c[c]([SnH])nc(C(=O)O)c1Cl.CN(C)C. The second-order valence-electron chi connectivity index (χ2n) is 4.09. The number of rotatable bonds is 2. The molecule has 0 aliphatic heterocycles. The van der Waals surface area contributed by atoms with Gasteiger partial charge in [0.1, 0.15) is 0 Å². The molecule has 0 aromatic carbocycles. The van der Waals surface area contributed by atoms with Gasteiger partial charge in [-0.25, -0.2) is 0 Å². The minimum Gasteiger partial charge on any atom is -0.312 e. The number of amides is 1. The number of nitrogens with zero attached hydrogens (tertiary/aromatic N) is 2. The molecule has 0 aliphatic rings. The average Bonchev–Trinajstić information content (AvgIpc) is 2.20. The first kappa shape index (κ1) is 18.1. The zero-order chi connectivity index (χ0) is 15.2. The van der Waals surface area contributed by atoms with Crippen LogP contribution < -0.4 is 9.03 Å². The Morgan fingerprint density at radius 3 is 2.26 bits per heavy atom. The Labute approximate surface area is 130 Å². The normalized spacial score (nSPS) is 9.63. The Morgan fingerprint density at radius 2 is 1.89 bits per heavy atom. The van der Waals surface area contributed by atoms with Crippen LogP contribution in [0.2, 0.25) is 5.02 Å². The van der Waals surface area contributed by atoms with Crippen molar-refractivity contribution in [2.45, 2.75) is 6.92 Å². The predicted octanol–water partition coefficient (Wildman–Crippen LogP) is 0.0955. The number of anilines is 1. The number of halogens is 1. The van der Waals surface area contributed by atoms with Crippen molar-refractivity contribution in [1.82, 2.24) is 9.88 Å². The monoisotopic (exact) mass is 393 g/mol. The van der Waals surface area contributed by atoms with Gasteiger partial charge in [0.2, 0.25) is 0 Å². The summed E-state index contributed by atoms with van der Waals surface area (Å²) < 4.78 is 0.603. The number of hydrogen-bond acceptors (Lipinski definition) is 4. The van der Waals surface area contributed by atoms with E-state index in [4.69, 9.17) is 16.7 Å². The molecule has 1 heterocycles. The number of pyridine rings is 1. The summed E-state index contributed by atoms with van der Waals surface area (Å²) >= 11 is 6.42. The van der Waals surface area contributed by atoms with Crippen LogP contribution in [-0.4, -0.2) is 70.5 Å². The molecule has 0 unspecified atom stereocenters. The summed E-state index contributed by atoms with van der Waals surface area (Å²) in [6, 6.07) is 1.57. The Morgan fingerprint density at radius 1 is 1.42 bits per heavy atom. The molecule has 2 radical (unpaired) electrons. The zero-order valence-corrected chi connectivity index (χ0v) is 15.2. The fourth-order valence-electron chi connectivity index (χ4n) is 0.972. The van der Waals surface area contributed by atoms with Crippen LogP contribution in [0.4, 0.5) is 5.69 Å². The van der Waals surface area contributed by atoms with E-state index in [1.54, 1.807) is 6.07 Å². The molecule has 0 aliphatic carbocycles. The van der Waals surface area contributed by atoms with E-state index in [0.717, 1.165) is 0 Å². The molecule has 0 saturated heterocycles. The summed E-state index contributed by atoms with van der Waals surface area (Å²) in [6.07, 6.45) is 0. The zero-order valence-electron chi connectivity index (χ0n) is 11.2. The fraction of sp³-hybridized carbons (Fsp3) is 0.364. The van der Waals surface area contributed by atoms with E-state index < -0.39 is 5.97 Å². The van der Waals surface area contributed by atoms with Crippen molar-refractivity contribution in [3.63, 3.8) is 0 Å². The molecule has 0 atom stereocenters. The number of aromatic carboxylic acids is 1. The summed E-state index contributed by atoms with van der Waals surface area (Å²) in [4.78, 5) is 27.4. The Hall–Kier alpha value is -0.861. The molecule has 0 spiro atoms. The number of carbonyl (C=O) groups excluding carboxylic acids is 1. The van der Waals surface area contributed by atoms with Gasteiger partial charge in [-0.3, -0.25) is 0 Å². The van der Waals surface area contributed by atoms with Crippen LogP contribution in [-0.2, 0) is 4.79 Å². The molecule has 2 N–H and O–H groups in total. The van der Waals surface area contributed by atoms with E-state index in [1.807, 2.05) is 26.0 Å². The summed E-state index contributed by atoms with van der Waals surface area (Å²) in [7, 11) is 6.00. The molecule has 1 rings (SSSR count). The van der Waals surface area contributed by atoms with Crippen molar-refractivity contribution in [2.75, 3.05) is 26.5 Å². The molecule has 6 nitrogen and oxygen atoms in total. The first-order valence-electron chi connectivity index (χ1n) is 5.23. The smallest absolute Gasteiger partial charge is 0.0140 e. The van der Waals surface area contributed by atoms with E-state index in [2.05, 4.69) is 10.3 Å². The Balaban J connectivity index is 0.000000711. The molecular formula is C11H16ClN3O3Sn. The molecule has 0 fully saturated rings. The number of carboxylic acid groups (broad SMARTS) is 1. The van der Waals surface area contributed by atoms with E-state index in [0.29, 0.717) is 31.9 Å². The third-order valence-corrected chi connectivity index (χ3v) is 2.72. The van der Waals surface area contributed by atoms with Gasteiger partial charge in [-0.15, -0.1) is 0 Å². The van der Waals surface area contributed by atoms with Gasteiger partial charge >= 0.3 is 104 Å². The Bertz CT molecular complexity index is 478. The van der Waals surface area contributed by atoms with Gasteiger partial charge in [-0.2, -0.15) is 0 Å². The summed E-state index contributed by atoms with van der Waals surface area (Å²) in [6.45, 7) is 1.32. The molecule has 1 aromatic heterocycles. The quantitative estimate of drug-likeness (QED) is 0.698. The standard InChI is InChI=1S/C8H6ClN2O3.C3H9N.Sn.H/c1-4(12)11-5-2-3-10-7(6(5)9)8(13)14;1-4(2)3;;/h2H,1H3,(H,13,14)(H,10,11,12);1-3H3;;. The van der Waals surface area contributed by atoms with Gasteiger partial charge in [0.15, 0.2) is 0 Å². The molecule has 1 amide bonds. The maximum Gasteiger partial charge on any atom is -0.0140 e. The number of hydrogen-bond donors (Lipinski definition) is 2. The third-order valence-electron chi connectivity index (χ3n) is 1.49. The van der Waals surface area contributed by atoms with Crippen molar-refractivity contribution >= 4 is 55.4 Å². The van der Waals surface area contributed by atoms with Gasteiger partial charge in [0, 0.05) is 0 Å². The molecule has 0 saturated carbocycles. The number of nitrogens with one attached hydrogen (secondary N) is 1. The van der Waals surface area contributed by atoms with Gasteiger partial charge in [0.05, 0.1) is 0 Å². The van der Waals surface area contributed by atoms with E-state index in [1.165, 1.54) is 6.92 Å².